The second kappa shape index (κ2) is 5.00. The highest BCUT2D eigenvalue weighted by atomic mass is 15.3. The fourth-order valence-electron chi connectivity index (χ4n) is 1.58. The Labute approximate surface area is 85.5 Å². The molecular formula is C10H20N4. The zero-order chi connectivity index (χ0) is 10.6. The third kappa shape index (κ3) is 2.26. The van der Waals surface area contributed by atoms with Gasteiger partial charge in [-0.1, -0.05) is 0 Å². The summed E-state index contributed by atoms with van der Waals surface area (Å²) in [5.41, 5.74) is 8.89. The van der Waals surface area contributed by atoms with Gasteiger partial charge in [0.15, 0.2) is 0 Å². The summed E-state index contributed by atoms with van der Waals surface area (Å²) in [6.07, 6.45) is 0.996. The first-order chi connectivity index (χ1) is 6.70. The molecule has 0 bridgehead atoms. The van der Waals surface area contributed by atoms with Crippen molar-refractivity contribution in [2.75, 3.05) is 18.4 Å². The number of hydrogen-bond acceptors (Lipinski definition) is 3. The van der Waals surface area contributed by atoms with E-state index in [-0.39, 0.29) is 0 Å². The molecule has 0 aliphatic heterocycles. The molecule has 4 heteroatoms. The minimum atomic E-state index is 0.729. The molecule has 0 aromatic carbocycles. The van der Waals surface area contributed by atoms with Gasteiger partial charge in [0.2, 0.25) is 0 Å². The van der Waals surface area contributed by atoms with Gasteiger partial charge in [-0.05, 0) is 33.7 Å². The number of nitrogens with two attached hydrogens (primary N) is 1. The fourth-order valence-corrected chi connectivity index (χ4v) is 1.58. The van der Waals surface area contributed by atoms with Crippen molar-refractivity contribution in [2.45, 2.75) is 33.7 Å². The Kier molecular flexibility index (Phi) is 3.95. The minimum Gasteiger partial charge on any atom is -0.382 e. The normalized spacial score (nSPS) is 10.6. The summed E-state index contributed by atoms with van der Waals surface area (Å²) in [4.78, 5) is 0. The Morgan fingerprint density at radius 3 is 2.64 bits per heavy atom. The average molecular weight is 196 g/mol. The fraction of sp³-hybridized carbons (Fsp3) is 0.700. The predicted molar refractivity (Wildman–Crippen MR) is 59.5 cm³/mol. The predicted octanol–water partition coefficient (Wildman–Crippen LogP) is 1.28. The molecule has 0 unspecified atom stereocenters. The van der Waals surface area contributed by atoms with Crippen LogP contribution in [0.3, 0.4) is 0 Å². The SMILES string of the molecule is CCn1nc(C)c(NCCCN)c1C. The summed E-state index contributed by atoms with van der Waals surface area (Å²) >= 11 is 0. The van der Waals surface area contributed by atoms with E-state index in [1.807, 2.05) is 11.6 Å². The van der Waals surface area contributed by atoms with Gasteiger partial charge in [0.1, 0.15) is 0 Å². The first-order valence-corrected chi connectivity index (χ1v) is 5.18. The Morgan fingerprint density at radius 1 is 1.43 bits per heavy atom. The largest absolute Gasteiger partial charge is 0.382 e. The molecule has 1 aromatic rings. The molecule has 0 spiro atoms. The van der Waals surface area contributed by atoms with Gasteiger partial charge in [0, 0.05) is 13.1 Å². The van der Waals surface area contributed by atoms with E-state index in [9.17, 15) is 0 Å². The van der Waals surface area contributed by atoms with E-state index in [0.717, 1.165) is 31.7 Å². The van der Waals surface area contributed by atoms with Crippen LogP contribution in [0, 0.1) is 13.8 Å². The van der Waals surface area contributed by atoms with Crippen molar-refractivity contribution in [1.82, 2.24) is 9.78 Å². The van der Waals surface area contributed by atoms with Gasteiger partial charge in [0.25, 0.3) is 0 Å². The molecule has 0 aliphatic rings. The van der Waals surface area contributed by atoms with Gasteiger partial charge in [-0.2, -0.15) is 5.10 Å². The standard InChI is InChI=1S/C10H20N4/c1-4-14-9(3)10(8(2)13-14)12-7-5-6-11/h12H,4-7,11H2,1-3H3. The third-order valence-electron chi connectivity index (χ3n) is 2.36. The van der Waals surface area contributed by atoms with Crippen molar-refractivity contribution in [3.8, 4) is 0 Å². The van der Waals surface area contributed by atoms with Crippen molar-refractivity contribution in [1.29, 1.82) is 0 Å². The molecule has 0 aliphatic carbocycles. The topological polar surface area (TPSA) is 55.9 Å². The van der Waals surface area contributed by atoms with E-state index in [0.29, 0.717) is 0 Å². The van der Waals surface area contributed by atoms with Crippen LogP contribution >= 0.6 is 0 Å². The van der Waals surface area contributed by atoms with Crippen LogP contribution in [0.2, 0.25) is 0 Å². The highest BCUT2D eigenvalue weighted by Gasteiger charge is 2.08. The van der Waals surface area contributed by atoms with Crippen LogP contribution in [0.15, 0.2) is 0 Å². The molecule has 1 rings (SSSR count). The maximum atomic E-state index is 5.44. The smallest absolute Gasteiger partial charge is 0.0827 e. The van der Waals surface area contributed by atoms with Crippen LogP contribution in [0.1, 0.15) is 24.7 Å². The molecule has 0 saturated heterocycles. The minimum absolute atomic E-state index is 0.729. The van der Waals surface area contributed by atoms with Gasteiger partial charge >= 0.3 is 0 Å². The van der Waals surface area contributed by atoms with Crippen molar-refractivity contribution in [2.24, 2.45) is 5.73 Å². The average Bonchev–Trinajstić information content (AvgIpc) is 2.45. The van der Waals surface area contributed by atoms with Gasteiger partial charge in [-0.3, -0.25) is 4.68 Å². The number of nitrogens with zero attached hydrogens (tertiary/aromatic N) is 2. The number of aryl methyl sites for hydroxylation is 2. The maximum absolute atomic E-state index is 5.44. The Morgan fingerprint density at radius 2 is 2.14 bits per heavy atom. The van der Waals surface area contributed by atoms with E-state index in [1.54, 1.807) is 0 Å². The molecule has 1 aromatic heterocycles. The van der Waals surface area contributed by atoms with E-state index < -0.39 is 0 Å². The molecule has 4 nitrogen and oxygen atoms in total. The highest BCUT2D eigenvalue weighted by Crippen LogP contribution is 2.18. The zero-order valence-electron chi connectivity index (χ0n) is 9.30. The lowest BCUT2D eigenvalue weighted by atomic mass is 10.3. The van der Waals surface area contributed by atoms with Crippen LogP contribution < -0.4 is 11.1 Å². The summed E-state index contributed by atoms with van der Waals surface area (Å²) in [5, 5.41) is 7.80. The maximum Gasteiger partial charge on any atom is 0.0827 e. The first kappa shape index (κ1) is 11.0. The monoisotopic (exact) mass is 196 g/mol. The third-order valence-corrected chi connectivity index (χ3v) is 2.36. The quantitative estimate of drug-likeness (QED) is 0.697. The molecular weight excluding hydrogens is 176 g/mol. The lowest BCUT2D eigenvalue weighted by Gasteiger charge is -2.05. The van der Waals surface area contributed by atoms with E-state index >= 15 is 0 Å². The van der Waals surface area contributed by atoms with Crippen LogP contribution in [0.25, 0.3) is 0 Å². The summed E-state index contributed by atoms with van der Waals surface area (Å²) in [6, 6.07) is 0. The van der Waals surface area contributed by atoms with Crippen LogP contribution in [-0.2, 0) is 6.54 Å². The Balaban J connectivity index is 2.70. The van der Waals surface area contributed by atoms with Gasteiger partial charge in [-0.25, -0.2) is 0 Å². The van der Waals surface area contributed by atoms with Crippen molar-refractivity contribution in [3.63, 3.8) is 0 Å². The molecule has 14 heavy (non-hydrogen) atoms. The van der Waals surface area contributed by atoms with Gasteiger partial charge in [-0.15, -0.1) is 0 Å². The van der Waals surface area contributed by atoms with E-state index in [1.165, 1.54) is 11.4 Å². The molecule has 0 radical (unpaired) electrons. The van der Waals surface area contributed by atoms with Crippen molar-refractivity contribution >= 4 is 5.69 Å². The summed E-state index contributed by atoms with van der Waals surface area (Å²) in [7, 11) is 0. The van der Waals surface area contributed by atoms with Crippen LogP contribution in [0.5, 0.6) is 0 Å². The van der Waals surface area contributed by atoms with E-state index in [4.69, 9.17) is 5.73 Å². The molecule has 0 saturated carbocycles. The number of aromatic nitrogens is 2. The van der Waals surface area contributed by atoms with Crippen molar-refractivity contribution < 1.29 is 0 Å². The molecule has 1 heterocycles. The second-order valence-corrected chi connectivity index (χ2v) is 3.43. The van der Waals surface area contributed by atoms with Crippen LogP contribution in [0.4, 0.5) is 5.69 Å². The van der Waals surface area contributed by atoms with Crippen molar-refractivity contribution in [3.05, 3.63) is 11.4 Å². The lowest BCUT2D eigenvalue weighted by molar-refractivity contribution is 0.634. The molecule has 80 valence electrons. The second-order valence-electron chi connectivity index (χ2n) is 3.43. The summed E-state index contributed by atoms with van der Waals surface area (Å²) < 4.78 is 2.01. The number of anilines is 1. The number of nitrogens with one attached hydrogen (secondary N) is 1. The number of hydrogen-bond donors (Lipinski definition) is 2. The summed E-state index contributed by atoms with van der Waals surface area (Å²) in [5.74, 6) is 0. The molecule has 0 atom stereocenters. The van der Waals surface area contributed by atoms with Crippen LogP contribution in [-0.4, -0.2) is 22.9 Å². The van der Waals surface area contributed by atoms with Gasteiger partial charge < -0.3 is 11.1 Å². The Bertz CT molecular complexity index is 291. The zero-order valence-corrected chi connectivity index (χ0v) is 9.30. The Hall–Kier alpha value is -1.03. The molecule has 3 N–H and O–H groups in total. The summed E-state index contributed by atoms with van der Waals surface area (Å²) in [6.45, 7) is 8.80. The number of rotatable bonds is 5. The van der Waals surface area contributed by atoms with Gasteiger partial charge in [0.05, 0.1) is 17.1 Å². The first-order valence-electron chi connectivity index (χ1n) is 5.18. The highest BCUT2D eigenvalue weighted by molar-refractivity contribution is 5.51. The van der Waals surface area contributed by atoms with E-state index in [2.05, 4.69) is 24.3 Å². The lowest BCUT2D eigenvalue weighted by Crippen LogP contribution is -2.09. The molecule has 0 amide bonds. The molecule has 0 fully saturated rings.